The van der Waals surface area contributed by atoms with E-state index >= 15 is 0 Å². The van der Waals surface area contributed by atoms with Gasteiger partial charge in [0, 0.05) is 0 Å². The highest BCUT2D eigenvalue weighted by Crippen LogP contribution is 2.44. The van der Waals surface area contributed by atoms with Crippen molar-refractivity contribution in [2.24, 2.45) is 0 Å². The topological polar surface area (TPSA) is 74.7 Å². The molecule has 0 radical (unpaired) electrons. The summed E-state index contributed by atoms with van der Waals surface area (Å²) in [6, 6.07) is 14.0. The lowest BCUT2D eigenvalue weighted by Gasteiger charge is -2.40. The van der Waals surface area contributed by atoms with Crippen LogP contribution in [0, 0.1) is 6.92 Å². The van der Waals surface area contributed by atoms with E-state index < -0.39 is 28.1 Å². The van der Waals surface area contributed by atoms with Gasteiger partial charge in [0.15, 0.2) is 0 Å². The molecule has 0 bridgehead atoms. The van der Waals surface area contributed by atoms with Crippen molar-refractivity contribution in [1.29, 1.82) is 0 Å². The van der Waals surface area contributed by atoms with Crippen LogP contribution in [0.4, 0.5) is 0 Å². The molecular formula is C24H29NO4S. The molecule has 0 unspecified atom stereocenters. The number of carboxylic acids is 1. The molecule has 2 aromatic carbocycles. The number of sulfonamides is 1. The van der Waals surface area contributed by atoms with E-state index in [9.17, 15) is 18.3 Å². The van der Waals surface area contributed by atoms with Gasteiger partial charge < -0.3 is 5.11 Å². The summed E-state index contributed by atoms with van der Waals surface area (Å²) in [5.74, 6) is -1.10. The summed E-state index contributed by atoms with van der Waals surface area (Å²) in [5, 5.41) is 9.84. The molecule has 1 heterocycles. The number of carboxylic acid groups (broad SMARTS) is 1. The number of hydrogen-bond acceptors (Lipinski definition) is 3. The minimum Gasteiger partial charge on any atom is -0.478 e. The van der Waals surface area contributed by atoms with Crippen molar-refractivity contribution in [1.82, 2.24) is 4.31 Å². The Hall–Kier alpha value is -2.44. The lowest BCUT2D eigenvalue weighted by atomic mass is 9.84. The zero-order chi connectivity index (χ0) is 22.3. The minimum absolute atomic E-state index is 0.0580. The first-order chi connectivity index (χ1) is 13.9. The zero-order valence-corrected chi connectivity index (χ0v) is 18.9. The maximum atomic E-state index is 12.9. The molecule has 6 heteroatoms. The molecule has 5 nitrogen and oxygen atoms in total. The predicted molar refractivity (Wildman–Crippen MR) is 119 cm³/mol. The van der Waals surface area contributed by atoms with E-state index in [0.717, 1.165) is 22.9 Å². The molecule has 160 valence electrons. The van der Waals surface area contributed by atoms with Gasteiger partial charge in [-0.25, -0.2) is 13.2 Å². The minimum atomic E-state index is -3.71. The zero-order valence-electron chi connectivity index (χ0n) is 18.1. The van der Waals surface area contributed by atoms with Crippen LogP contribution in [0.2, 0.25) is 0 Å². The first kappa shape index (κ1) is 22.2. The summed E-state index contributed by atoms with van der Waals surface area (Å²) < 4.78 is 27.2. The molecule has 0 aromatic heterocycles. The summed E-state index contributed by atoms with van der Waals surface area (Å²) in [4.78, 5) is 12.0. The molecule has 1 N–H and O–H groups in total. The number of rotatable bonds is 4. The fourth-order valence-electron chi connectivity index (χ4n) is 3.96. The smallest absolute Gasteiger partial charge is 0.333 e. The van der Waals surface area contributed by atoms with E-state index in [0.29, 0.717) is 12.0 Å². The molecule has 3 rings (SSSR count). The predicted octanol–water partition coefficient (Wildman–Crippen LogP) is 4.75. The largest absolute Gasteiger partial charge is 0.478 e. The average molecular weight is 428 g/mol. The summed E-state index contributed by atoms with van der Waals surface area (Å²) >= 11 is 0. The maximum absolute atomic E-state index is 12.9. The van der Waals surface area contributed by atoms with E-state index in [2.05, 4.69) is 20.8 Å². The van der Waals surface area contributed by atoms with Gasteiger partial charge in [-0.15, -0.1) is 0 Å². The Morgan fingerprint density at radius 2 is 1.53 bits per heavy atom. The molecule has 0 amide bonds. The number of aryl methyl sites for hydroxylation is 1. The van der Waals surface area contributed by atoms with Crippen LogP contribution in [-0.4, -0.2) is 30.1 Å². The van der Waals surface area contributed by atoms with Crippen molar-refractivity contribution >= 4 is 16.0 Å². The van der Waals surface area contributed by atoms with Crippen molar-refractivity contribution in [2.45, 2.75) is 51.6 Å². The van der Waals surface area contributed by atoms with Crippen LogP contribution < -0.4 is 0 Å². The normalized spacial score (nSPS) is 20.6. The van der Waals surface area contributed by atoms with Gasteiger partial charge in [-0.1, -0.05) is 80.9 Å². The molecule has 0 fully saturated rings. The summed E-state index contributed by atoms with van der Waals surface area (Å²) in [6.45, 7) is 8.27. The molecule has 0 saturated heterocycles. The third-order valence-corrected chi connectivity index (χ3v) is 6.83. The number of carbonyl (C=O) groups is 1. The number of nitrogens with zero attached hydrogens (tertiary/aromatic N) is 1. The molecule has 0 spiro atoms. The molecule has 30 heavy (non-hydrogen) atoms. The Labute approximate surface area is 179 Å². The number of benzene rings is 2. The second-order valence-electron chi connectivity index (χ2n) is 8.99. The van der Waals surface area contributed by atoms with E-state index in [4.69, 9.17) is 0 Å². The van der Waals surface area contributed by atoms with Gasteiger partial charge in [-0.3, -0.25) is 0 Å². The van der Waals surface area contributed by atoms with Crippen LogP contribution in [0.15, 0.2) is 60.2 Å². The molecule has 0 saturated carbocycles. The Morgan fingerprint density at radius 3 is 2.00 bits per heavy atom. The van der Waals surface area contributed by atoms with Crippen LogP contribution in [-0.2, 0) is 20.2 Å². The van der Waals surface area contributed by atoms with Crippen LogP contribution >= 0.6 is 0 Å². The van der Waals surface area contributed by atoms with E-state index in [1.54, 1.807) is 6.08 Å². The second-order valence-corrected chi connectivity index (χ2v) is 10.9. The van der Waals surface area contributed by atoms with Crippen molar-refractivity contribution in [3.63, 3.8) is 0 Å². The van der Waals surface area contributed by atoms with Gasteiger partial charge >= 0.3 is 5.97 Å². The molecule has 1 aliphatic heterocycles. The second kappa shape index (κ2) is 8.00. The van der Waals surface area contributed by atoms with E-state index in [1.165, 1.54) is 4.31 Å². The Morgan fingerprint density at radius 1 is 1.00 bits per heavy atom. The molecule has 2 atom stereocenters. The number of hydrogen-bond donors (Lipinski definition) is 1. The quantitative estimate of drug-likeness (QED) is 0.764. The summed E-state index contributed by atoms with van der Waals surface area (Å²) in [5.41, 5.74) is 3.71. The monoisotopic (exact) mass is 427 g/mol. The van der Waals surface area contributed by atoms with Crippen LogP contribution in [0.25, 0.3) is 0 Å². The van der Waals surface area contributed by atoms with Gasteiger partial charge in [0.2, 0.25) is 10.0 Å². The van der Waals surface area contributed by atoms with Crippen molar-refractivity contribution < 1.29 is 18.3 Å². The highest BCUT2D eigenvalue weighted by molar-refractivity contribution is 7.88. The van der Waals surface area contributed by atoms with E-state index in [1.807, 2.05) is 55.5 Å². The fraction of sp³-hybridized carbons (Fsp3) is 0.375. The summed E-state index contributed by atoms with van der Waals surface area (Å²) in [7, 11) is -3.71. The number of aliphatic carboxylic acids is 1. The third kappa shape index (κ3) is 4.50. The van der Waals surface area contributed by atoms with Gasteiger partial charge in [0.05, 0.1) is 23.9 Å². The first-order valence-electron chi connectivity index (χ1n) is 9.98. The lowest BCUT2D eigenvalue weighted by molar-refractivity contribution is -0.133. The van der Waals surface area contributed by atoms with Crippen molar-refractivity contribution in [2.75, 3.05) is 6.26 Å². The Kier molecular flexibility index (Phi) is 5.94. The average Bonchev–Trinajstić information content (AvgIpc) is 2.66. The van der Waals surface area contributed by atoms with Gasteiger partial charge in [0.1, 0.15) is 0 Å². The highest BCUT2D eigenvalue weighted by Gasteiger charge is 2.42. The SMILES string of the molecule is Cc1ccc([C@@H]2CC=C(C(=O)O)[C@H](c3ccc(C(C)(C)C)cc3)N2S(C)(=O)=O)cc1. The van der Waals surface area contributed by atoms with Gasteiger partial charge in [0.25, 0.3) is 0 Å². The summed E-state index contributed by atoms with van der Waals surface area (Å²) in [6.07, 6.45) is 3.13. The first-order valence-corrected chi connectivity index (χ1v) is 11.8. The third-order valence-electron chi connectivity index (χ3n) is 5.60. The Balaban J connectivity index is 2.16. The maximum Gasteiger partial charge on any atom is 0.333 e. The standard InChI is InChI=1S/C24H29NO4S/c1-16-6-8-17(9-7-16)21-15-14-20(23(26)27)22(25(21)30(5,28)29)18-10-12-19(13-11-18)24(2,3)4/h6-14,21-22H,15H2,1-5H3,(H,26,27)/t21-,22-/m0/s1. The van der Waals surface area contributed by atoms with Crippen LogP contribution in [0.5, 0.6) is 0 Å². The van der Waals surface area contributed by atoms with Gasteiger partial charge in [-0.05, 0) is 35.4 Å². The van der Waals surface area contributed by atoms with Crippen molar-refractivity contribution in [3.05, 3.63) is 82.4 Å². The van der Waals surface area contributed by atoms with Crippen LogP contribution in [0.1, 0.15) is 61.5 Å². The Bertz CT molecular complexity index is 1060. The van der Waals surface area contributed by atoms with Crippen molar-refractivity contribution in [3.8, 4) is 0 Å². The fourth-order valence-corrected chi connectivity index (χ4v) is 5.25. The van der Waals surface area contributed by atoms with E-state index in [-0.39, 0.29) is 11.0 Å². The molecule has 0 aliphatic carbocycles. The van der Waals surface area contributed by atoms with Gasteiger partial charge in [-0.2, -0.15) is 4.31 Å². The lowest BCUT2D eigenvalue weighted by Crippen LogP contribution is -2.41. The molecule has 2 aromatic rings. The molecular weight excluding hydrogens is 398 g/mol. The van der Waals surface area contributed by atoms with Crippen LogP contribution in [0.3, 0.4) is 0 Å². The molecule has 1 aliphatic rings. The highest BCUT2D eigenvalue weighted by atomic mass is 32.2.